The van der Waals surface area contributed by atoms with Crippen molar-refractivity contribution in [2.45, 2.75) is 64.5 Å². The van der Waals surface area contributed by atoms with E-state index < -0.39 is 0 Å². The Hall–Kier alpha value is -1.02. The van der Waals surface area contributed by atoms with E-state index in [0.717, 1.165) is 6.54 Å². The van der Waals surface area contributed by atoms with Crippen molar-refractivity contribution >= 4 is 5.69 Å². The fourth-order valence-corrected chi connectivity index (χ4v) is 3.32. The van der Waals surface area contributed by atoms with Crippen LogP contribution in [-0.4, -0.2) is 18.6 Å². The maximum Gasteiger partial charge on any atom is 0.0415 e. The van der Waals surface area contributed by atoms with Gasteiger partial charge in [-0.3, -0.25) is 0 Å². The molecule has 2 rings (SSSR count). The van der Waals surface area contributed by atoms with Crippen molar-refractivity contribution in [1.82, 2.24) is 0 Å². The van der Waals surface area contributed by atoms with E-state index in [1.54, 1.807) is 0 Å². The zero-order valence-corrected chi connectivity index (χ0v) is 12.4. The SMILES string of the molecule is CCCCCCC(CN)N1c2ccccc2CC1C. The van der Waals surface area contributed by atoms with Crippen LogP contribution in [0.25, 0.3) is 0 Å². The highest BCUT2D eigenvalue weighted by atomic mass is 15.2. The van der Waals surface area contributed by atoms with Gasteiger partial charge < -0.3 is 10.6 Å². The molecule has 2 heteroatoms. The Bertz CT molecular complexity index is 389. The van der Waals surface area contributed by atoms with Crippen LogP contribution >= 0.6 is 0 Å². The Morgan fingerprint density at radius 2 is 2.05 bits per heavy atom. The highest BCUT2D eigenvalue weighted by molar-refractivity contribution is 5.60. The average molecular weight is 260 g/mol. The molecule has 0 saturated carbocycles. The molecule has 106 valence electrons. The van der Waals surface area contributed by atoms with Gasteiger partial charge in [0.2, 0.25) is 0 Å². The minimum absolute atomic E-state index is 0.510. The van der Waals surface area contributed by atoms with Crippen LogP contribution in [0.15, 0.2) is 24.3 Å². The molecular weight excluding hydrogens is 232 g/mol. The zero-order valence-electron chi connectivity index (χ0n) is 12.4. The molecule has 2 N–H and O–H groups in total. The fourth-order valence-electron chi connectivity index (χ4n) is 3.32. The van der Waals surface area contributed by atoms with Crippen molar-refractivity contribution in [3.63, 3.8) is 0 Å². The molecule has 0 fully saturated rings. The first-order chi connectivity index (χ1) is 9.27. The van der Waals surface area contributed by atoms with Gasteiger partial charge in [-0.1, -0.05) is 50.8 Å². The van der Waals surface area contributed by atoms with E-state index in [1.165, 1.54) is 49.8 Å². The molecule has 0 saturated heterocycles. The van der Waals surface area contributed by atoms with Crippen molar-refractivity contribution in [3.8, 4) is 0 Å². The highest BCUT2D eigenvalue weighted by Gasteiger charge is 2.30. The van der Waals surface area contributed by atoms with Crippen LogP contribution in [0, 0.1) is 0 Å². The van der Waals surface area contributed by atoms with Crippen LogP contribution in [0.1, 0.15) is 51.5 Å². The van der Waals surface area contributed by atoms with Crippen LogP contribution in [0.5, 0.6) is 0 Å². The molecule has 19 heavy (non-hydrogen) atoms. The number of rotatable bonds is 7. The van der Waals surface area contributed by atoms with E-state index in [-0.39, 0.29) is 0 Å². The summed E-state index contributed by atoms with van der Waals surface area (Å²) in [4.78, 5) is 2.57. The molecular formula is C17H28N2. The summed E-state index contributed by atoms with van der Waals surface area (Å²) in [6, 6.07) is 9.92. The Balaban J connectivity index is 2.02. The number of fused-ring (bicyclic) bond motifs is 1. The highest BCUT2D eigenvalue weighted by Crippen LogP contribution is 2.34. The van der Waals surface area contributed by atoms with Gasteiger partial charge in [-0.15, -0.1) is 0 Å². The molecule has 0 aromatic heterocycles. The molecule has 2 atom stereocenters. The molecule has 1 aromatic carbocycles. The van der Waals surface area contributed by atoms with Crippen LogP contribution in [-0.2, 0) is 6.42 Å². The number of nitrogens with zero attached hydrogens (tertiary/aromatic N) is 1. The summed E-state index contributed by atoms with van der Waals surface area (Å²) in [7, 11) is 0. The van der Waals surface area contributed by atoms with E-state index in [2.05, 4.69) is 43.0 Å². The Morgan fingerprint density at radius 3 is 2.79 bits per heavy atom. The third-order valence-electron chi connectivity index (χ3n) is 4.32. The summed E-state index contributed by atoms with van der Waals surface area (Å²) >= 11 is 0. The predicted octanol–water partition coefficient (Wildman–Crippen LogP) is 3.74. The summed E-state index contributed by atoms with van der Waals surface area (Å²) in [6.45, 7) is 5.36. The zero-order chi connectivity index (χ0) is 13.7. The van der Waals surface area contributed by atoms with Gasteiger partial charge in [0, 0.05) is 24.3 Å². The van der Waals surface area contributed by atoms with Crippen molar-refractivity contribution in [2.75, 3.05) is 11.4 Å². The summed E-state index contributed by atoms with van der Waals surface area (Å²) < 4.78 is 0. The first-order valence-corrected chi connectivity index (χ1v) is 7.84. The second kappa shape index (κ2) is 6.95. The minimum atomic E-state index is 0.510. The van der Waals surface area contributed by atoms with Gasteiger partial charge in [0.05, 0.1) is 0 Å². The average Bonchev–Trinajstić information content (AvgIpc) is 2.75. The van der Waals surface area contributed by atoms with E-state index in [0.29, 0.717) is 12.1 Å². The summed E-state index contributed by atoms with van der Waals surface area (Å²) in [5.41, 5.74) is 8.95. The van der Waals surface area contributed by atoms with E-state index in [9.17, 15) is 0 Å². The summed E-state index contributed by atoms with van der Waals surface area (Å²) in [6.07, 6.45) is 7.70. The van der Waals surface area contributed by atoms with Gasteiger partial charge in [0.15, 0.2) is 0 Å². The number of nitrogens with two attached hydrogens (primary N) is 1. The molecule has 1 heterocycles. The van der Waals surface area contributed by atoms with E-state index >= 15 is 0 Å². The quantitative estimate of drug-likeness (QED) is 0.757. The van der Waals surface area contributed by atoms with Gasteiger partial charge in [-0.2, -0.15) is 0 Å². The normalized spacial score (nSPS) is 19.5. The second-order valence-electron chi connectivity index (χ2n) is 5.83. The van der Waals surface area contributed by atoms with Gasteiger partial charge >= 0.3 is 0 Å². The third-order valence-corrected chi connectivity index (χ3v) is 4.32. The molecule has 0 radical (unpaired) electrons. The van der Waals surface area contributed by atoms with Gasteiger partial charge in [-0.05, 0) is 31.4 Å². The lowest BCUT2D eigenvalue weighted by Crippen LogP contribution is -2.44. The summed E-state index contributed by atoms with van der Waals surface area (Å²) in [5, 5.41) is 0. The number of unbranched alkanes of at least 4 members (excludes halogenated alkanes) is 3. The van der Waals surface area contributed by atoms with Crippen molar-refractivity contribution in [3.05, 3.63) is 29.8 Å². The molecule has 2 nitrogen and oxygen atoms in total. The number of hydrogen-bond acceptors (Lipinski definition) is 2. The maximum atomic E-state index is 6.05. The monoisotopic (exact) mass is 260 g/mol. The van der Waals surface area contributed by atoms with Crippen molar-refractivity contribution in [1.29, 1.82) is 0 Å². The van der Waals surface area contributed by atoms with Crippen LogP contribution in [0.2, 0.25) is 0 Å². The predicted molar refractivity (Wildman–Crippen MR) is 83.7 cm³/mol. The third kappa shape index (κ3) is 3.30. The number of anilines is 1. The molecule has 1 aromatic rings. The lowest BCUT2D eigenvalue weighted by atomic mass is 10.0. The van der Waals surface area contributed by atoms with Crippen molar-refractivity contribution in [2.24, 2.45) is 5.73 Å². The van der Waals surface area contributed by atoms with Crippen LogP contribution < -0.4 is 10.6 Å². The Kier molecular flexibility index (Phi) is 5.26. The molecule has 0 spiro atoms. The molecule has 1 aliphatic heterocycles. The largest absolute Gasteiger partial charge is 0.364 e. The van der Waals surface area contributed by atoms with Gasteiger partial charge in [-0.25, -0.2) is 0 Å². The van der Waals surface area contributed by atoms with E-state index in [4.69, 9.17) is 5.73 Å². The Labute approximate surface area is 118 Å². The fraction of sp³-hybridized carbons (Fsp3) is 0.647. The van der Waals surface area contributed by atoms with Crippen LogP contribution in [0.3, 0.4) is 0 Å². The van der Waals surface area contributed by atoms with E-state index in [1.807, 2.05) is 0 Å². The van der Waals surface area contributed by atoms with Gasteiger partial charge in [0.1, 0.15) is 0 Å². The molecule has 2 unspecified atom stereocenters. The molecule has 0 amide bonds. The minimum Gasteiger partial charge on any atom is -0.364 e. The molecule has 1 aliphatic rings. The number of benzene rings is 1. The first kappa shape index (κ1) is 14.4. The lowest BCUT2D eigenvalue weighted by molar-refractivity contribution is 0.490. The van der Waals surface area contributed by atoms with Gasteiger partial charge in [0.25, 0.3) is 0 Å². The topological polar surface area (TPSA) is 29.3 Å². The summed E-state index contributed by atoms with van der Waals surface area (Å²) in [5.74, 6) is 0. The number of para-hydroxylation sites is 1. The standard InChI is InChI=1S/C17H28N2/c1-3-4-5-6-10-16(13-18)19-14(2)12-15-9-7-8-11-17(15)19/h7-9,11,14,16H,3-6,10,12-13,18H2,1-2H3. The maximum absolute atomic E-state index is 6.05. The lowest BCUT2D eigenvalue weighted by Gasteiger charge is -2.33. The first-order valence-electron chi connectivity index (χ1n) is 7.84. The molecule has 0 aliphatic carbocycles. The smallest absolute Gasteiger partial charge is 0.0415 e. The Morgan fingerprint density at radius 1 is 1.26 bits per heavy atom. The van der Waals surface area contributed by atoms with Crippen molar-refractivity contribution < 1.29 is 0 Å². The van der Waals surface area contributed by atoms with Crippen LogP contribution in [0.4, 0.5) is 5.69 Å². The molecule has 0 bridgehead atoms. The second-order valence-corrected chi connectivity index (χ2v) is 5.83. The number of hydrogen-bond donors (Lipinski definition) is 1.